The van der Waals surface area contributed by atoms with Crippen molar-refractivity contribution < 1.29 is 28.7 Å². The highest BCUT2D eigenvalue weighted by Gasteiger charge is 2.45. The normalized spacial score (nSPS) is 14.3. The van der Waals surface area contributed by atoms with Crippen LogP contribution in [0.15, 0.2) is 37.5 Å². The van der Waals surface area contributed by atoms with Crippen molar-refractivity contribution in [3.05, 3.63) is 37.5 Å². The van der Waals surface area contributed by atoms with Crippen molar-refractivity contribution in [3.8, 4) is 0 Å². The third kappa shape index (κ3) is 6.01. The highest BCUT2D eigenvalue weighted by molar-refractivity contribution is 6.04. The van der Waals surface area contributed by atoms with Gasteiger partial charge in [0.25, 0.3) is 0 Å². The molecule has 0 saturated heterocycles. The molecule has 0 amide bonds. The Kier molecular flexibility index (Phi) is 11.0. The predicted molar refractivity (Wildman–Crippen MR) is 107 cm³/mol. The number of ether oxygens (including phenoxy) is 2. The van der Waals surface area contributed by atoms with Crippen molar-refractivity contribution in [3.63, 3.8) is 0 Å². The Labute approximate surface area is 167 Å². The van der Waals surface area contributed by atoms with E-state index in [1.54, 1.807) is 26.0 Å². The number of rotatable bonds is 10. The van der Waals surface area contributed by atoms with Crippen LogP contribution in [0.3, 0.4) is 0 Å². The topological polar surface area (TPSA) is 86.7 Å². The lowest BCUT2D eigenvalue weighted by Crippen LogP contribution is -2.38. The van der Waals surface area contributed by atoms with Crippen molar-refractivity contribution in [1.29, 1.82) is 0 Å². The number of allylic oxidation sites excluding steroid dienone is 4. The SMILES string of the molecule is C=CCC(CC=C)(C(C)=O)C(=O)OCC.CCOC(=O)C1(C(C)=O)CC=CC1. The minimum absolute atomic E-state index is 0.101. The molecule has 1 rings (SSSR count). The molecule has 28 heavy (non-hydrogen) atoms. The molecule has 0 aliphatic heterocycles. The molecule has 1 aliphatic carbocycles. The fourth-order valence-corrected chi connectivity index (χ4v) is 2.96. The quantitative estimate of drug-likeness (QED) is 0.320. The second-order valence-corrected chi connectivity index (χ2v) is 6.58. The molecule has 0 unspecified atom stereocenters. The van der Waals surface area contributed by atoms with Gasteiger partial charge in [0.05, 0.1) is 13.2 Å². The maximum absolute atomic E-state index is 11.7. The van der Waals surface area contributed by atoms with Gasteiger partial charge in [-0.1, -0.05) is 24.3 Å². The molecule has 0 spiro atoms. The first-order chi connectivity index (χ1) is 13.2. The van der Waals surface area contributed by atoms with Gasteiger partial charge in [0.1, 0.15) is 22.4 Å². The molecule has 0 bridgehead atoms. The summed E-state index contributed by atoms with van der Waals surface area (Å²) in [6.45, 7) is 14.0. The molecule has 156 valence electrons. The molecule has 6 nitrogen and oxygen atoms in total. The van der Waals surface area contributed by atoms with Crippen molar-refractivity contribution in [1.82, 2.24) is 0 Å². The summed E-state index contributed by atoms with van der Waals surface area (Å²) in [5.74, 6) is -1.18. The molecule has 0 aromatic carbocycles. The summed E-state index contributed by atoms with van der Waals surface area (Å²) in [5, 5.41) is 0. The van der Waals surface area contributed by atoms with Gasteiger partial charge in [-0.2, -0.15) is 0 Å². The summed E-state index contributed by atoms with van der Waals surface area (Å²) in [5.41, 5.74) is -2.03. The van der Waals surface area contributed by atoms with Gasteiger partial charge >= 0.3 is 11.9 Å². The Morgan fingerprint density at radius 1 is 0.964 bits per heavy atom. The van der Waals surface area contributed by atoms with Crippen molar-refractivity contribution in [2.24, 2.45) is 10.8 Å². The Morgan fingerprint density at radius 3 is 1.75 bits per heavy atom. The second-order valence-electron chi connectivity index (χ2n) is 6.58. The maximum Gasteiger partial charge on any atom is 0.320 e. The molecule has 0 fully saturated rings. The molecule has 0 saturated carbocycles. The van der Waals surface area contributed by atoms with Gasteiger partial charge in [0.15, 0.2) is 0 Å². The number of hydrogen-bond acceptors (Lipinski definition) is 6. The summed E-state index contributed by atoms with van der Waals surface area (Å²) in [4.78, 5) is 46.2. The van der Waals surface area contributed by atoms with Crippen LogP contribution < -0.4 is 0 Å². The van der Waals surface area contributed by atoms with Gasteiger partial charge < -0.3 is 9.47 Å². The van der Waals surface area contributed by atoms with Crippen LogP contribution in [0, 0.1) is 10.8 Å². The minimum Gasteiger partial charge on any atom is -0.465 e. The molecular weight excluding hydrogens is 360 g/mol. The molecule has 0 aromatic heterocycles. The number of carbonyl (C=O) groups is 4. The van der Waals surface area contributed by atoms with E-state index in [2.05, 4.69) is 13.2 Å². The molecule has 0 heterocycles. The lowest BCUT2D eigenvalue weighted by atomic mass is 9.77. The zero-order chi connectivity index (χ0) is 21.8. The van der Waals surface area contributed by atoms with Crippen LogP contribution in [-0.2, 0) is 28.7 Å². The van der Waals surface area contributed by atoms with Crippen molar-refractivity contribution in [2.75, 3.05) is 13.2 Å². The number of esters is 2. The van der Waals surface area contributed by atoms with E-state index in [4.69, 9.17) is 9.47 Å². The van der Waals surface area contributed by atoms with E-state index >= 15 is 0 Å². The zero-order valence-electron chi connectivity index (χ0n) is 17.4. The molecule has 0 radical (unpaired) electrons. The van der Waals surface area contributed by atoms with Crippen LogP contribution in [0.2, 0.25) is 0 Å². The summed E-state index contributed by atoms with van der Waals surface area (Å²) < 4.78 is 9.81. The van der Waals surface area contributed by atoms with Gasteiger partial charge in [-0.25, -0.2) is 0 Å². The third-order valence-corrected chi connectivity index (χ3v) is 4.77. The Hall–Kier alpha value is -2.50. The smallest absolute Gasteiger partial charge is 0.320 e. The first-order valence-electron chi connectivity index (χ1n) is 9.41. The molecule has 0 aromatic rings. The van der Waals surface area contributed by atoms with E-state index in [0.29, 0.717) is 19.4 Å². The first-order valence-corrected chi connectivity index (χ1v) is 9.41. The lowest BCUT2D eigenvalue weighted by molar-refractivity contribution is -0.160. The summed E-state index contributed by atoms with van der Waals surface area (Å²) in [6, 6.07) is 0. The molecule has 6 heteroatoms. The van der Waals surface area contributed by atoms with Crippen LogP contribution in [0.5, 0.6) is 0 Å². The van der Waals surface area contributed by atoms with Crippen LogP contribution in [0.4, 0.5) is 0 Å². The lowest BCUT2D eigenvalue weighted by Gasteiger charge is -2.26. The molecule has 0 N–H and O–H groups in total. The first kappa shape index (κ1) is 25.5. The van der Waals surface area contributed by atoms with Crippen LogP contribution in [0.25, 0.3) is 0 Å². The Bertz CT molecular complexity index is 611. The molecular formula is C22H32O6. The van der Waals surface area contributed by atoms with Crippen molar-refractivity contribution in [2.45, 2.75) is 53.4 Å². The third-order valence-electron chi connectivity index (χ3n) is 4.77. The molecule has 1 aliphatic rings. The molecule has 0 atom stereocenters. The Balaban J connectivity index is 0.000000525. The van der Waals surface area contributed by atoms with Crippen LogP contribution in [-0.4, -0.2) is 36.7 Å². The average molecular weight is 392 g/mol. The summed E-state index contributed by atoms with van der Waals surface area (Å²) >= 11 is 0. The maximum atomic E-state index is 11.7. The van der Waals surface area contributed by atoms with E-state index in [9.17, 15) is 19.2 Å². The van der Waals surface area contributed by atoms with E-state index < -0.39 is 16.8 Å². The largest absolute Gasteiger partial charge is 0.465 e. The fraction of sp³-hybridized carbons (Fsp3) is 0.545. The van der Waals surface area contributed by atoms with E-state index in [1.165, 1.54) is 13.8 Å². The minimum atomic E-state index is -1.13. The predicted octanol–water partition coefficient (Wildman–Crippen LogP) is 3.75. The Morgan fingerprint density at radius 2 is 1.43 bits per heavy atom. The van der Waals surface area contributed by atoms with Crippen LogP contribution in [0.1, 0.15) is 53.4 Å². The summed E-state index contributed by atoms with van der Waals surface area (Å²) in [7, 11) is 0. The second kappa shape index (κ2) is 12.1. The summed E-state index contributed by atoms with van der Waals surface area (Å²) in [6.07, 6.45) is 8.38. The highest BCUT2D eigenvalue weighted by atomic mass is 16.5. The highest BCUT2D eigenvalue weighted by Crippen LogP contribution is 2.35. The van der Waals surface area contributed by atoms with Gasteiger partial charge in [-0.15, -0.1) is 13.2 Å². The number of Topliss-reactive ketones (excluding diaryl/α,β-unsaturated/α-hetero) is 2. The monoisotopic (exact) mass is 392 g/mol. The van der Waals surface area contributed by atoms with E-state index in [0.717, 1.165) is 0 Å². The van der Waals surface area contributed by atoms with E-state index in [-0.39, 0.29) is 37.0 Å². The van der Waals surface area contributed by atoms with Crippen LogP contribution >= 0.6 is 0 Å². The van der Waals surface area contributed by atoms with Crippen molar-refractivity contribution >= 4 is 23.5 Å². The number of carbonyl (C=O) groups excluding carboxylic acids is 4. The van der Waals surface area contributed by atoms with E-state index in [1.807, 2.05) is 12.2 Å². The zero-order valence-corrected chi connectivity index (χ0v) is 17.4. The van der Waals surface area contributed by atoms with Gasteiger partial charge in [0.2, 0.25) is 0 Å². The van der Waals surface area contributed by atoms with Gasteiger partial charge in [-0.3, -0.25) is 19.2 Å². The number of ketones is 2. The van der Waals surface area contributed by atoms with Gasteiger partial charge in [0, 0.05) is 0 Å². The fourth-order valence-electron chi connectivity index (χ4n) is 2.96. The average Bonchev–Trinajstić information content (AvgIpc) is 3.13. The number of hydrogen-bond donors (Lipinski definition) is 0. The van der Waals surface area contributed by atoms with Gasteiger partial charge in [-0.05, 0) is 53.4 Å². The standard InChI is InChI=1S/C12H18O3.C10H14O3/c1-5-8-12(9-6-2,10(4)13)11(14)15-7-3;1-3-13-9(12)10(8(2)11)6-4-5-7-10/h5-6H,1-2,7-9H2,3-4H3;4-5H,3,6-7H2,1-2H3.